The van der Waals surface area contributed by atoms with Crippen molar-refractivity contribution in [3.05, 3.63) is 109 Å². The number of hydrogen-bond donors (Lipinski definition) is 0. The summed E-state index contributed by atoms with van der Waals surface area (Å²) in [4.78, 5) is 37.8. The zero-order chi connectivity index (χ0) is 50.7. The smallest absolute Gasteiger partial charge is 0.306 e. The molecule has 0 aromatic carbocycles. The van der Waals surface area contributed by atoms with Crippen molar-refractivity contribution in [3.8, 4) is 0 Å². The summed E-state index contributed by atoms with van der Waals surface area (Å²) in [6, 6.07) is 0. The lowest BCUT2D eigenvalue weighted by Gasteiger charge is -2.18. The van der Waals surface area contributed by atoms with Gasteiger partial charge in [-0.25, -0.2) is 0 Å². The third-order valence-electron chi connectivity index (χ3n) is 12.0. The van der Waals surface area contributed by atoms with Gasteiger partial charge in [0.25, 0.3) is 0 Å². The van der Waals surface area contributed by atoms with E-state index in [1.54, 1.807) is 0 Å². The van der Waals surface area contributed by atoms with Gasteiger partial charge in [0.15, 0.2) is 6.10 Å². The standard InChI is InChI=1S/C64H106O6/c1-4-7-10-13-16-18-20-21-22-23-24-25-26-27-28-29-30-31-32-33-34-35-36-37-38-39-40-41-42-43-44-46-48-51-54-57-63(66)69-60-61(59-68-62(65)56-53-50-47-15-12-9-6-3)70-64(67)58-55-52-49-45-19-17-14-11-8-5-2/h7,10-11,14,16,18,21-22,24-25,27-28,30-31,33-34,36-37,61H,4-6,8-9,12-13,15,17,19-20,23,26,29,32,35,38-60H2,1-3H3/b10-7-,14-11-,18-16-,22-21-,25-24-,28-27-,31-30-,34-33-,37-36-. The molecular formula is C64H106O6. The topological polar surface area (TPSA) is 78.9 Å². The van der Waals surface area contributed by atoms with Gasteiger partial charge in [-0.3, -0.25) is 14.4 Å². The van der Waals surface area contributed by atoms with E-state index in [4.69, 9.17) is 14.2 Å². The largest absolute Gasteiger partial charge is 0.462 e. The third kappa shape index (κ3) is 55.0. The van der Waals surface area contributed by atoms with Crippen LogP contribution in [0.5, 0.6) is 0 Å². The van der Waals surface area contributed by atoms with Crippen LogP contribution in [-0.2, 0) is 28.6 Å². The number of allylic oxidation sites excluding steroid dienone is 18. The van der Waals surface area contributed by atoms with Gasteiger partial charge in [-0.2, -0.15) is 0 Å². The van der Waals surface area contributed by atoms with Crippen LogP contribution >= 0.6 is 0 Å². The fraction of sp³-hybridized carbons (Fsp3) is 0.672. The molecule has 6 nitrogen and oxygen atoms in total. The molecule has 0 aliphatic heterocycles. The van der Waals surface area contributed by atoms with Crippen molar-refractivity contribution in [2.45, 2.75) is 264 Å². The first-order valence-electron chi connectivity index (χ1n) is 28.9. The third-order valence-corrected chi connectivity index (χ3v) is 12.0. The maximum absolute atomic E-state index is 12.7. The van der Waals surface area contributed by atoms with Gasteiger partial charge < -0.3 is 14.2 Å². The number of ether oxygens (including phenoxy) is 3. The summed E-state index contributed by atoms with van der Waals surface area (Å²) in [5.74, 6) is -0.906. The molecule has 398 valence electrons. The Hall–Kier alpha value is -3.93. The lowest BCUT2D eigenvalue weighted by molar-refractivity contribution is -0.167. The normalized spacial score (nSPS) is 12.9. The first-order valence-corrected chi connectivity index (χ1v) is 28.9. The number of carbonyl (C=O) groups is 3. The molecule has 1 atom stereocenters. The minimum Gasteiger partial charge on any atom is -0.462 e. The molecule has 0 fully saturated rings. The van der Waals surface area contributed by atoms with E-state index in [2.05, 4.69) is 130 Å². The second-order valence-electron chi connectivity index (χ2n) is 18.8. The summed E-state index contributed by atoms with van der Waals surface area (Å²) in [5.41, 5.74) is 0. The first-order chi connectivity index (χ1) is 34.5. The van der Waals surface area contributed by atoms with Crippen molar-refractivity contribution in [2.75, 3.05) is 13.2 Å². The predicted octanol–water partition coefficient (Wildman–Crippen LogP) is 19.5. The van der Waals surface area contributed by atoms with Crippen LogP contribution in [-0.4, -0.2) is 37.2 Å². The zero-order valence-corrected chi connectivity index (χ0v) is 45.5. The van der Waals surface area contributed by atoms with Gasteiger partial charge in [0.2, 0.25) is 0 Å². The highest BCUT2D eigenvalue weighted by molar-refractivity contribution is 5.71. The van der Waals surface area contributed by atoms with E-state index in [1.807, 2.05) is 0 Å². The van der Waals surface area contributed by atoms with Crippen LogP contribution in [0.4, 0.5) is 0 Å². The fourth-order valence-electron chi connectivity index (χ4n) is 7.70. The second kappa shape index (κ2) is 57.6. The van der Waals surface area contributed by atoms with Crippen molar-refractivity contribution >= 4 is 17.9 Å². The zero-order valence-electron chi connectivity index (χ0n) is 45.5. The van der Waals surface area contributed by atoms with E-state index in [-0.39, 0.29) is 31.1 Å². The van der Waals surface area contributed by atoms with Crippen LogP contribution in [0, 0.1) is 0 Å². The van der Waals surface area contributed by atoms with Gasteiger partial charge in [0.05, 0.1) is 0 Å². The Bertz CT molecular complexity index is 1440. The Balaban J connectivity index is 4.03. The summed E-state index contributed by atoms with van der Waals surface area (Å²) in [6.07, 6.45) is 78.4. The van der Waals surface area contributed by atoms with E-state index < -0.39 is 6.10 Å². The van der Waals surface area contributed by atoms with Gasteiger partial charge in [-0.1, -0.05) is 246 Å². The lowest BCUT2D eigenvalue weighted by Crippen LogP contribution is -2.30. The molecule has 0 aromatic rings. The average Bonchev–Trinajstić information content (AvgIpc) is 3.36. The number of rotatable bonds is 51. The van der Waals surface area contributed by atoms with E-state index in [0.29, 0.717) is 19.3 Å². The number of hydrogen-bond acceptors (Lipinski definition) is 6. The Kier molecular flexibility index (Phi) is 54.4. The van der Waals surface area contributed by atoms with Crippen molar-refractivity contribution < 1.29 is 28.6 Å². The van der Waals surface area contributed by atoms with Crippen molar-refractivity contribution in [1.29, 1.82) is 0 Å². The molecule has 6 heteroatoms. The molecule has 0 radical (unpaired) electrons. The monoisotopic (exact) mass is 971 g/mol. The molecule has 0 spiro atoms. The van der Waals surface area contributed by atoms with Crippen molar-refractivity contribution in [2.24, 2.45) is 0 Å². The highest BCUT2D eigenvalue weighted by Crippen LogP contribution is 2.15. The maximum atomic E-state index is 12.7. The van der Waals surface area contributed by atoms with E-state index in [0.717, 1.165) is 128 Å². The number of esters is 3. The van der Waals surface area contributed by atoms with Gasteiger partial charge in [-0.15, -0.1) is 0 Å². The Morgan fingerprint density at radius 2 is 0.586 bits per heavy atom. The van der Waals surface area contributed by atoms with Crippen molar-refractivity contribution in [3.63, 3.8) is 0 Å². The van der Waals surface area contributed by atoms with E-state index in [1.165, 1.54) is 89.9 Å². The molecule has 0 saturated heterocycles. The average molecular weight is 972 g/mol. The molecule has 0 rings (SSSR count). The molecule has 70 heavy (non-hydrogen) atoms. The molecule has 0 aliphatic carbocycles. The molecule has 0 bridgehead atoms. The first kappa shape index (κ1) is 66.1. The lowest BCUT2D eigenvalue weighted by atomic mass is 10.1. The summed E-state index contributed by atoms with van der Waals surface area (Å²) < 4.78 is 16.7. The number of carbonyl (C=O) groups excluding carboxylic acids is 3. The van der Waals surface area contributed by atoms with Crippen LogP contribution in [0.25, 0.3) is 0 Å². The minimum absolute atomic E-state index is 0.0813. The Labute approximate surface area is 431 Å². The molecule has 1 unspecified atom stereocenters. The Morgan fingerprint density at radius 1 is 0.300 bits per heavy atom. The van der Waals surface area contributed by atoms with Gasteiger partial charge in [0.1, 0.15) is 13.2 Å². The van der Waals surface area contributed by atoms with E-state index in [9.17, 15) is 14.4 Å². The van der Waals surface area contributed by atoms with Crippen LogP contribution in [0.3, 0.4) is 0 Å². The molecule has 0 saturated carbocycles. The SMILES string of the molecule is CC/C=C\C/C=C\C/C=C\C/C=C\C/C=C\C/C=C\C/C=C\C/C=C\CCCCCCCCCCCCC(=O)OCC(COC(=O)CCCCCCCCC)OC(=O)CCCCCCC/C=C\CCC. The summed E-state index contributed by atoms with van der Waals surface area (Å²) in [6.45, 7) is 6.40. The maximum Gasteiger partial charge on any atom is 0.306 e. The summed E-state index contributed by atoms with van der Waals surface area (Å²) in [5, 5.41) is 0. The molecule has 0 heterocycles. The van der Waals surface area contributed by atoms with Crippen LogP contribution < -0.4 is 0 Å². The molecule has 0 N–H and O–H groups in total. The molecule has 0 aromatic heterocycles. The summed E-state index contributed by atoms with van der Waals surface area (Å²) in [7, 11) is 0. The van der Waals surface area contributed by atoms with Crippen LogP contribution in [0.1, 0.15) is 258 Å². The molecular weight excluding hydrogens is 865 g/mol. The Morgan fingerprint density at radius 3 is 0.943 bits per heavy atom. The van der Waals surface area contributed by atoms with Crippen LogP contribution in [0.2, 0.25) is 0 Å². The number of unbranched alkanes of at least 4 members (excludes halogenated alkanes) is 22. The van der Waals surface area contributed by atoms with Gasteiger partial charge in [0, 0.05) is 19.3 Å². The molecule has 0 amide bonds. The molecule has 0 aliphatic rings. The predicted molar refractivity (Wildman–Crippen MR) is 302 cm³/mol. The minimum atomic E-state index is -0.779. The van der Waals surface area contributed by atoms with E-state index >= 15 is 0 Å². The second-order valence-corrected chi connectivity index (χ2v) is 18.8. The van der Waals surface area contributed by atoms with Gasteiger partial charge >= 0.3 is 17.9 Å². The highest BCUT2D eigenvalue weighted by atomic mass is 16.6. The highest BCUT2D eigenvalue weighted by Gasteiger charge is 2.19. The fourth-order valence-corrected chi connectivity index (χ4v) is 7.70. The van der Waals surface area contributed by atoms with Crippen LogP contribution in [0.15, 0.2) is 109 Å². The quantitative estimate of drug-likeness (QED) is 0.0262. The van der Waals surface area contributed by atoms with Crippen molar-refractivity contribution in [1.82, 2.24) is 0 Å². The summed E-state index contributed by atoms with van der Waals surface area (Å²) >= 11 is 0. The van der Waals surface area contributed by atoms with Gasteiger partial charge in [-0.05, 0) is 103 Å².